The lowest BCUT2D eigenvalue weighted by Gasteiger charge is -2.23. The van der Waals surface area contributed by atoms with Gasteiger partial charge < -0.3 is 15.5 Å². The van der Waals surface area contributed by atoms with Crippen molar-refractivity contribution in [1.29, 1.82) is 0 Å². The number of rotatable bonds is 4. The van der Waals surface area contributed by atoms with E-state index in [0.29, 0.717) is 23.6 Å². The van der Waals surface area contributed by atoms with E-state index in [1.807, 2.05) is 30.3 Å². The molecule has 1 spiro atoms. The number of amides is 4. The van der Waals surface area contributed by atoms with Crippen LogP contribution in [0.1, 0.15) is 30.4 Å². The van der Waals surface area contributed by atoms with Gasteiger partial charge in [-0.1, -0.05) is 35.9 Å². The Morgan fingerprint density at radius 3 is 2.71 bits per heavy atom. The molecular weight excluding hydrogens is 416 g/mol. The van der Waals surface area contributed by atoms with E-state index in [9.17, 15) is 14.4 Å². The third-order valence-electron chi connectivity index (χ3n) is 6.40. The Bertz CT molecular complexity index is 1080. The molecule has 1 unspecified atom stereocenters. The summed E-state index contributed by atoms with van der Waals surface area (Å²) in [6, 6.07) is 12.5. The number of hydrogen-bond donors (Lipinski definition) is 2. The number of nitrogens with zero attached hydrogens (tertiary/aromatic N) is 2. The van der Waals surface area contributed by atoms with Crippen LogP contribution in [0.3, 0.4) is 0 Å². The number of aryl methyl sites for hydroxylation is 1. The van der Waals surface area contributed by atoms with Crippen molar-refractivity contribution >= 4 is 40.8 Å². The zero-order valence-electron chi connectivity index (χ0n) is 17.0. The molecule has 0 aromatic heterocycles. The quantitative estimate of drug-likeness (QED) is 0.718. The molecule has 3 aliphatic rings. The average Bonchev–Trinajstić information content (AvgIpc) is 3.46. The zero-order valence-corrected chi connectivity index (χ0v) is 17.7. The van der Waals surface area contributed by atoms with Crippen molar-refractivity contribution in [3.63, 3.8) is 0 Å². The van der Waals surface area contributed by atoms with Crippen LogP contribution in [-0.2, 0) is 21.5 Å². The summed E-state index contributed by atoms with van der Waals surface area (Å²) >= 11 is 6.15. The maximum atomic E-state index is 13.3. The first kappa shape index (κ1) is 19.9. The molecule has 2 N–H and O–H groups in total. The molecule has 2 fully saturated rings. The molecule has 4 amide bonds. The Morgan fingerprint density at radius 1 is 1.13 bits per heavy atom. The van der Waals surface area contributed by atoms with Gasteiger partial charge in [0.2, 0.25) is 5.91 Å². The first-order chi connectivity index (χ1) is 15.0. The van der Waals surface area contributed by atoms with E-state index < -0.39 is 17.5 Å². The minimum atomic E-state index is -1.06. The Kier molecular flexibility index (Phi) is 4.85. The molecule has 1 atom stereocenters. The molecule has 0 saturated carbocycles. The third-order valence-corrected chi connectivity index (χ3v) is 6.64. The van der Waals surface area contributed by atoms with Crippen LogP contribution in [0, 0.1) is 0 Å². The smallest absolute Gasteiger partial charge is 0.325 e. The van der Waals surface area contributed by atoms with Crippen molar-refractivity contribution in [2.75, 3.05) is 29.9 Å². The molecule has 2 aliphatic heterocycles. The number of hydrogen-bond acceptors (Lipinski definition) is 4. The van der Waals surface area contributed by atoms with Crippen molar-refractivity contribution in [3.8, 4) is 0 Å². The molecule has 0 bridgehead atoms. The molecule has 8 heteroatoms. The van der Waals surface area contributed by atoms with Crippen molar-refractivity contribution < 1.29 is 14.4 Å². The predicted molar refractivity (Wildman–Crippen MR) is 118 cm³/mol. The van der Waals surface area contributed by atoms with E-state index >= 15 is 0 Å². The lowest BCUT2D eigenvalue weighted by Crippen LogP contribution is -2.43. The molecule has 1 aliphatic carbocycles. The Labute approximate surface area is 185 Å². The third kappa shape index (κ3) is 3.33. The maximum Gasteiger partial charge on any atom is 0.325 e. The highest BCUT2D eigenvalue weighted by Gasteiger charge is 2.55. The van der Waals surface area contributed by atoms with Gasteiger partial charge in [-0.3, -0.25) is 14.5 Å². The normalized spacial score (nSPS) is 22.2. The minimum absolute atomic E-state index is 0.347. The lowest BCUT2D eigenvalue weighted by molar-refractivity contribution is -0.134. The van der Waals surface area contributed by atoms with E-state index in [4.69, 9.17) is 11.6 Å². The molecule has 2 heterocycles. The number of carbonyl (C=O) groups is 3. The topological polar surface area (TPSA) is 81.8 Å². The maximum absolute atomic E-state index is 13.3. The van der Waals surface area contributed by atoms with E-state index in [1.165, 1.54) is 0 Å². The van der Waals surface area contributed by atoms with Crippen LogP contribution in [0.5, 0.6) is 0 Å². The number of nitrogens with one attached hydrogen (secondary N) is 2. The number of anilines is 2. The fourth-order valence-electron chi connectivity index (χ4n) is 4.91. The summed E-state index contributed by atoms with van der Waals surface area (Å²) in [4.78, 5) is 42.0. The minimum Gasteiger partial charge on any atom is -0.370 e. The molecular formula is C23H23ClN4O3. The first-order valence-electron chi connectivity index (χ1n) is 10.5. The van der Waals surface area contributed by atoms with Crippen molar-refractivity contribution in [2.45, 2.75) is 31.2 Å². The lowest BCUT2D eigenvalue weighted by atomic mass is 9.92. The molecule has 31 heavy (non-hydrogen) atoms. The van der Waals surface area contributed by atoms with Crippen LogP contribution in [0.15, 0.2) is 42.5 Å². The number of urea groups is 1. The summed E-state index contributed by atoms with van der Waals surface area (Å²) in [6.07, 6.45) is 3.41. The van der Waals surface area contributed by atoms with Gasteiger partial charge in [0.25, 0.3) is 5.91 Å². The van der Waals surface area contributed by atoms with Gasteiger partial charge in [0, 0.05) is 18.1 Å². The second-order valence-electron chi connectivity index (χ2n) is 8.29. The second-order valence-corrected chi connectivity index (χ2v) is 8.72. The number of halogens is 1. The standard InChI is InChI=1S/C23H23ClN4O3/c24-16-7-8-19(27-11-3-4-12-27)18(13-16)25-20(29)14-28-21(30)23(26-22(28)31)10-9-15-5-1-2-6-17(15)23/h1-2,5-8,13H,3-4,9-12,14H2,(H,25,29)(H,26,31). The van der Waals surface area contributed by atoms with Crippen LogP contribution >= 0.6 is 11.6 Å². The van der Waals surface area contributed by atoms with E-state index in [2.05, 4.69) is 15.5 Å². The molecule has 160 valence electrons. The van der Waals surface area contributed by atoms with Crippen molar-refractivity contribution in [1.82, 2.24) is 10.2 Å². The van der Waals surface area contributed by atoms with Gasteiger partial charge in [0.15, 0.2) is 0 Å². The van der Waals surface area contributed by atoms with Crippen LogP contribution < -0.4 is 15.5 Å². The highest BCUT2D eigenvalue weighted by molar-refractivity contribution is 6.31. The van der Waals surface area contributed by atoms with Crippen molar-refractivity contribution in [2.24, 2.45) is 0 Å². The highest BCUT2D eigenvalue weighted by Crippen LogP contribution is 2.41. The van der Waals surface area contributed by atoms with Gasteiger partial charge in [-0.2, -0.15) is 0 Å². The van der Waals surface area contributed by atoms with Gasteiger partial charge in [-0.05, 0) is 55.0 Å². The van der Waals surface area contributed by atoms with Crippen LogP contribution in [0.4, 0.5) is 16.2 Å². The highest BCUT2D eigenvalue weighted by atomic mass is 35.5. The zero-order chi connectivity index (χ0) is 21.6. The van der Waals surface area contributed by atoms with Crippen LogP contribution in [0.2, 0.25) is 5.02 Å². The fraction of sp³-hybridized carbons (Fsp3) is 0.348. The predicted octanol–water partition coefficient (Wildman–Crippen LogP) is 3.27. The molecule has 2 aromatic rings. The van der Waals surface area contributed by atoms with Gasteiger partial charge in [-0.15, -0.1) is 0 Å². The average molecular weight is 439 g/mol. The summed E-state index contributed by atoms with van der Waals surface area (Å²) in [5.74, 6) is -0.807. The summed E-state index contributed by atoms with van der Waals surface area (Å²) in [6.45, 7) is 1.49. The van der Waals surface area contributed by atoms with E-state index in [0.717, 1.165) is 47.6 Å². The number of benzene rings is 2. The Hall–Kier alpha value is -3.06. The molecule has 7 nitrogen and oxygen atoms in total. The van der Waals surface area contributed by atoms with Gasteiger partial charge in [0.05, 0.1) is 11.4 Å². The van der Waals surface area contributed by atoms with Crippen LogP contribution in [0.25, 0.3) is 0 Å². The van der Waals surface area contributed by atoms with Gasteiger partial charge in [0.1, 0.15) is 12.1 Å². The number of fused-ring (bicyclic) bond motifs is 2. The SMILES string of the molecule is O=C(CN1C(=O)NC2(CCc3ccccc32)C1=O)Nc1cc(Cl)ccc1N1CCCC1. The molecule has 5 rings (SSSR count). The van der Waals surface area contributed by atoms with E-state index in [-0.39, 0.29) is 12.5 Å². The second kappa shape index (κ2) is 7.57. The fourth-order valence-corrected chi connectivity index (χ4v) is 5.08. The van der Waals surface area contributed by atoms with Gasteiger partial charge in [-0.25, -0.2) is 4.79 Å². The van der Waals surface area contributed by atoms with Crippen LogP contribution in [-0.4, -0.2) is 42.4 Å². The molecule has 2 saturated heterocycles. The van der Waals surface area contributed by atoms with E-state index in [1.54, 1.807) is 12.1 Å². The molecule has 0 radical (unpaired) electrons. The number of carbonyl (C=O) groups excluding carboxylic acids is 3. The monoisotopic (exact) mass is 438 g/mol. The summed E-state index contributed by atoms with van der Waals surface area (Å²) in [5, 5.41) is 6.21. The molecule has 2 aromatic carbocycles. The summed E-state index contributed by atoms with van der Waals surface area (Å²) in [7, 11) is 0. The van der Waals surface area contributed by atoms with Gasteiger partial charge >= 0.3 is 6.03 Å². The number of imide groups is 1. The Balaban J connectivity index is 1.35. The van der Waals surface area contributed by atoms with Crippen molar-refractivity contribution in [3.05, 3.63) is 58.6 Å². The Morgan fingerprint density at radius 2 is 1.90 bits per heavy atom. The largest absolute Gasteiger partial charge is 0.370 e. The summed E-state index contributed by atoms with van der Waals surface area (Å²) in [5.41, 5.74) is 2.30. The summed E-state index contributed by atoms with van der Waals surface area (Å²) < 4.78 is 0. The first-order valence-corrected chi connectivity index (χ1v) is 10.9.